The maximum absolute atomic E-state index is 9.93. The van der Waals surface area contributed by atoms with Gasteiger partial charge in [0.05, 0.1) is 11.6 Å². The maximum Gasteiger partial charge on any atom is 0.0839 e. The van der Waals surface area contributed by atoms with Crippen LogP contribution in [-0.4, -0.2) is 10.7 Å². The molecule has 1 aliphatic carbocycles. The van der Waals surface area contributed by atoms with Gasteiger partial charge in [0.1, 0.15) is 0 Å². The fraction of sp³-hybridized carbons (Fsp3) is 0.556. The van der Waals surface area contributed by atoms with Crippen molar-refractivity contribution in [3.8, 4) is 0 Å². The largest absolute Gasteiger partial charge is 0.388 e. The van der Waals surface area contributed by atoms with Crippen molar-refractivity contribution >= 4 is 11.3 Å². The topological polar surface area (TPSA) is 46.2 Å². The normalized spacial score (nSPS) is 23.2. The molecule has 1 heterocycles. The first kappa shape index (κ1) is 8.23. The van der Waals surface area contributed by atoms with Crippen LogP contribution in [0.5, 0.6) is 0 Å². The van der Waals surface area contributed by atoms with Crippen LogP contribution in [0.3, 0.4) is 0 Å². The molecule has 2 nitrogen and oxygen atoms in total. The van der Waals surface area contributed by atoms with Gasteiger partial charge in [0, 0.05) is 0 Å². The Kier molecular flexibility index (Phi) is 1.94. The summed E-state index contributed by atoms with van der Waals surface area (Å²) in [6.45, 7) is 0. The van der Waals surface area contributed by atoms with Gasteiger partial charge in [0.15, 0.2) is 0 Å². The summed E-state index contributed by atoms with van der Waals surface area (Å²) < 4.78 is 0. The number of hydrogen-bond acceptors (Lipinski definition) is 3. The van der Waals surface area contributed by atoms with Crippen LogP contribution >= 0.6 is 11.3 Å². The third-order valence-corrected chi connectivity index (χ3v) is 3.40. The molecular formula is C9H13NOS. The van der Waals surface area contributed by atoms with Crippen LogP contribution in [0, 0.1) is 0 Å². The Hall–Kier alpha value is -0.380. The van der Waals surface area contributed by atoms with E-state index in [0.717, 1.165) is 24.8 Å². The van der Waals surface area contributed by atoms with E-state index in [-0.39, 0.29) is 6.04 Å². The van der Waals surface area contributed by atoms with Gasteiger partial charge < -0.3 is 10.8 Å². The monoisotopic (exact) mass is 183 g/mol. The van der Waals surface area contributed by atoms with Gasteiger partial charge in [0.2, 0.25) is 0 Å². The first-order valence-electron chi connectivity index (χ1n) is 4.22. The first-order valence-corrected chi connectivity index (χ1v) is 5.17. The smallest absolute Gasteiger partial charge is 0.0839 e. The Morgan fingerprint density at radius 3 is 2.75 bits per heavy atom. The minimum Gasteiger partial charge on any atom is -0.388 e. The second-order valence-electron chi connectivity index (χ2n) is 3.49. The molecule has 0 radical (unpaired) electrons. The molecule has 66 valence electrons. The second-order valence-corrected chi connectivity index (χ2v) is 4.27. The molecule has 12 heavy (non-hydrogen) atoms. The zero-order chi connectivity index (χ0) is 8.60. The lowest BCUT2D eigenvalue weighted by molar-refractivity contribution is -0.0558. The lowest BCUT2D eigenvalue weighted by Gasteiger charge is -2.41. The summed E-state index contributed by atoms with van der Waals surface area (Å²) >= 11 is 1.63. The third kappa shape index (κ3) is 1.18. The SMILES string of the molecule is NC(c1ccsc1)C1(O)CCC1. The summed E-state index contributed by atoms with van der Waals surface area (Å²) in [5.41, 5.74) is 6.40. The van der Waals surface area contributed by atoms with E-state index in [2.05, 4.69) is 0 Å². The molecule has 1 aromatic heterocycles. The van der Waals surface area contributed by atoms with Crippen LogP contribution in [0.2, 0.25) is 0 Å². The van der Waals surface area contributed by atoms with Gasteiger partial charge in [-0.2, -0.15) is 11.3 Å². The molecule has 2 rings (SSSR count). The van der Waals surface area contributed by atoms with Crippen molar-refractivity contribution in [2.75, 3.05) is 0 Å². The molecule has 0 bridgehead atoms. The molecule has 0 saturated heterocycles. The van der Waals surface area contributed by atoms with Crippen LogP contribution in [0.1, 0.15) is 30.9 Å². The van der Waals surface area contributed by atoms with Gasteiger partial charge in [-0.05, 0) is 41.7 Å². The average Bonchev–Trinajstić information content (AvgIpc) is 2.50. The minimum absolute atomic E-state index is 0.183. The standard InChI is InChI=1S/C9H13NOS/c10-8(7-2-5-12-6-7)9(11)3-1-4-9/h2,5-6,8,11H,1,3-4,10H2. The van der Waals surface area contributed by atoms with Crippen molar-refractivity contribution in [1.82, 2.24) is 0 Å². The van der Waals surface area contributed by atoms with E-state index >= 15 is 0 Å². The zero-order valence-corrected chi connectivity index (χ0v) is 7.68. The number of rotatable bonds is 2. The predicted octanol–water partition coefficient (Wildman–Crippen LogP) is 1.66. The molecular weight excluding hydrogens is 170 g/mol. The van der Waals surface area contributed by atoms with Crippen LogP contribution in [0.25, 0.3) is 0 Å². The number of thiophene rings is 1. The highest BCUT2D eigenvalue weighted by Crippen LogP contribution is 2.40. The molecule has 0 aromatic carbocycles. The van der Waals surface area contributed by atoms with Crippen molar-refractivity contribution in [3.05, 3.63) is 22.4 Å². The fourth-order valence-electron chi connectivity index (χ4n) is 1.61. The molecule has 1 fully saturated rings. The molecule has 0 spiro atoms. The van der Waals surface area contributed by atoms with E-state index in [1.165, 1.54) is 0 Å². The van der Waals surface area contributed by atoms with E-state index in [0.29, 0.717) is 0 Å². The molecule has 3 N–H and O–H groups in total. The van der Waals surface area contributed by atoms with E-state index < -0.39 is 5.60 Å². The van der Waals surface area contributed by atoms with Crippen LogP contribution < -0.4 is 5.73 Å². The Morgan fingerprint density at radius 1 is 1.58 bits per heavy atom. The van der Waals surface area contributed by atoms with Crippen molar-refractivity contribution < 1.29 is 5.11 Å². The first-order chi connectivity index (χ1) is 5.72. The Bertz CT molecular complexity index is 254. The van der Waals surface area contributed by atoms with Crippen molar-refractivity contribution in [1.29, 1.82) is 0 Å². The molecule has 0 aliphatic heterocycles. The van der Waals surface area contributed by atoms with Gasteiger partial charge >= 0.3 is 0 Å². The van der Waals surface area contributed by atoms with E-state index in [9.17, 15) is 5.11 Å². The summed E-state index contributed by atoms with van der Waals surface area (Å²) in [5.74, 6) is 0. The molecule has 3 heteroatoms. The predicted molar refractivity (Wildman–Crippen MR) is 50.0 cm³/mol. The number of nitrogens with two attached hydrogens (primary N) is 1. The lowest BCUT2D eigenvalue weighted by Crippen LogP contribution is -2.46. The second kappa shape index (κ2) is 2.83. The highest BCUT2D eigenvalue weighted by molar-refractivity contribution is 7.07. The molecule has 1 aliphatic rings. The summed E-state index contributed by atoms with van der Waals surface area (Å²) in [7, 11) is 0. The van der Waals surface area contributed by atoms with Gasteiger partial charge in [0.25, 0.3) is 0 Å². The zero-order valence-electron chi connectivity index (χ0n) is 6.86. The van der Waals surface area contributed by atoms with Crippen molar-refractivity contribution in [3.63, 3.8) is 0 Å². The quantitative estimate of drug-likeness (QED) is 0.732. The molecule has 0 amide bonds. The van der Waals surface area contributed by atoms with Crippen LogP contribution in [0.4, 0.5) is 0 Å². The highest BCUT2D eigenvalue weighted by atomic mass is 32.1. The van der Waals surface area contributed by atoms with Gasteiger partial charge in [-0.1, -0.05) is 0 Å². The lowest BCUT2D eigenvalue weighted by atomic mass is 9.73. The van der Waals surface area contributed by atoms with Gasteiger partial charge in [-0.15, -0.1) is 0 Å². The van der Waals surface area contributed by atoms with E-state index in [4.69, 9.17) is 5.73 Å². The molecule has 1 aromatic rings. The summed E-state index contributed by atoms with van der Waals surface area (Å²) in [4.78, 5) is 0. The third-order valence-electron chi connectivity index (χ3n) is 2.70. The van der Waals surface area contributed by atoms with Crippen molar-refractivity contribution in [2.45, 2.75) is 30.9 Å². The molecule has 1 unspecified atom stereocenters. The van der Waals surface area contributed by atoms with Crippen LogP contribution in [-0.2, 0) is 0 Å². The van der Waals surface area contributed by atoms with Crippen LogP contribution in [0.15, 0.2) is 16.8 Å². The fourth-order valence-corrected chi connectivity index (χ4v) is 2.31. The van der Waals surface area contributed by atoms with E-state index in [1.54, 1.807) is 11.3 Å². The number of aliphatic hydroxyl groups is 1. The minimum atomic E-state index is -0.610. The molecule has 1 saturated carbocycles. The van der Waals surface area contributed by atoms with Gasteiger partial charge in [-0.25, -0.2) is 0 Å². The average molecular weight is 183 g/mol. The number of hydrogen-bond donors (Lipinski definition) is 2. The summed E-state index contributed by atoms with van der Waals surface area (Å²) in [6.07, 6.45) is 2.81. The van der Waals surface area contributed by atoms with Gasteiger partial charge in [-0.3, -0.25) is 0 Å². The Labute approximate surface area is 76.0 Å². The Morgan fingerprint density at radius 2 is 2.33 bits per heavy atom. The summed E-state index contributed by atoms with van der Waals surface area (Å²) in [6, 6.07) is 1.81. The van der Waals surface area contributed by atoms with Crippen molar-refractivity contribution in [2.24, 2.45) is 5.73 Å². The summed E-state index contributed by atoms with van der Waals surface area (Å²) in [5, 5.41) is 13.9. The maximum atomic E-state index is 9.93. The molecule has 1 atom stereocenters. The highest BCUT2D eigenvalue weighted by Gasteiger charge is 2.41. The van der Waals surface area contributed by atoms with E-state index in [1.807, 2.05) is 16.8 Å². The Balaban J connectivity index is 2.14.